The number of nitrogens with zero attached hydrogens (tertiary/aromatic N) is 1. The molecule has 0 saturated carbocycles. The van der Waals surface area contributed by atoms with Crippen LogP contribution in [0.4, 0.5) is 5.69 Å². The first kappa shape index (κ1) is 20.2. The van der Waals surface area contributed by atoms with Gasteiger partial charge in [-0.1, -0.05) is 36.4 Å². The molecule has 2 aromatic carbocycles. The van der Waals surface area contributed by atoms with Crippen LogP contribution in [0.15, 0.2) is 85.5 Å². The molecule has 0 spiro atoms. The van der Waals surface area contributed by atoms with E-state index in [1.165, 1.54) is 0 Å². The summed E-state index contributed by atoms with van der Waals surface area (Å²) < 4.78 is 10.8. The van der Waals surface area contributed by atoms with Crippen molar-refractivity contribution < 1.29 is 14.3 Å². The lowest BCUT2D eigenvalue weighted by Crippen LogP contribution is -2.21. The number of anilines is 1. The minimum Gasteiger partial charge on any atom is -0.497 e. The fourth-order valence-electron chi connectivity index (χ4n) is 3.49. The van der Waals surface area contributed by atoms with Gasteiger partial charge in [0.05, 0.1) is 14.2 Å². The zero-order chi connectivity index (χ0) is 21.6. The second-order valence-corrected chi connectivity index (χ2v) is 6.98. The van der Waals surface area contributed by atoms with Crippen molar-refractivity contribution in [1.82, 2.24) is 9.97 Å². The van der Waals surface area contributed by atoms with Crippen molar-refractivity contribution in [2.24, 2.45) is 0 Å². The molecule has 6 nitrogen and oxygen atoms in total. The van der Waals surface area contributed by atoms with Crippen molar-refractivity contribution in [2.45, 2.75) is 6.04 Å². The van der Waals surface area contributed by atoms with Gasteiger partial charge in [-0.15, -0.1) is 0 Å². The minimum absolute atomic E-state index is 0.0620. The fourth-order valence-corrected chi connectivity index (χ4v) is 3.49. The van der Waals surface area contributed by atoms with Crippen LogP contribution in [-0.2, 0) is 0 Å². The smallest absolute Gasteiger partial charge is 0.191 e. The van der Waals surface area contributed by atoms with Gasteiger partial charge in [0.2, 0.25) is 0 Å². The summed E-state index contributed by atoms with van der Waals surface area (Å²) in [5.41, 5.74) is 3.85. The summed E-state index contributed by atoms with van der Waals surface area (Å²) in [4.78, 5) is 21.0. The van der Waals surface area contributed by atoms with Gasteiger partial charge in [0.1, 0.15) is 17.5 Å². The average molecular weight is 413 g/mol. The van der Waals surface area contributed by atoms with Crippen LogP contribution >= 0.6 is 0 Å². The van der Waals surface area contributed by atoms with Gasteiger partial charge in [-0.2, -0.15) is 0 Å². The molecule has 4 rings (SSSR count). The predicted octanol–water partition coefficient (Wildman–Crippen LogP) is 5.13. The molecule has 1 atom stereocenters. The van der Waals surface area contributed by atoms with Gasteiger partial charge in [-0.25, -0.2) is 0 Å². The first-order valence-electron chi connectivity index (χ1n) is 9.85. The number of rotatable bonds is 8. The van der Waals surface area contributed by atoms with E-state index < -0.39 is 6.04 Å². The molecule has 156 valence electrons. The highest BCUT2D eigenvalue weighted by Gasteiger charge is 2.25. The van der Waals surface area contributed by atoms with Crippen molar-refractivity contribution in [3.05, 3.63) is 96.6 Å². The van der Waals surface area contributed by atoms with E-state index >= 15 is 0 Å². The van der Waals surface area contributed by atoms with Gasteiger partial charge in [0.25, 0.3) is 0 Å². The molecule has 1 unspecified atom stereocenters. The lowest BCUT2D eigenvalue weighted by Gasteiger charge is -2.20. The number of pyridine rings is 1. The first-order chi connectivity index (χ1) is 15.2. The second kappa shape index (κ2) is 9.17. The number of H-pyrrole nitrogens is 1. The van der Waals surface area contributed by atoms with Gasteiger partial charge < -0.3 is 19.8 Å². The van der Waals surface area contributed by atoms with E-state index in [0.29, 0.717) is 17.1 Å². The predicted molar refractivity (Wildman–Crippen MR) is 121 cm³/mol. The van der Waals surface area contributed by atoms with Crippen LogP contribution in [0.2, 0.25) is 0 Å². The summed E-state index contributed by atoms with van der Waals surface area (Å²) in [5.74, 6) is 1.21. The Labute approximate surface area is 180 Å². The number of carbonyl (C=O) groups excluding carboxylic acids is 1. The second-order valence-electron chi connectivity index (χ2n) is 6.98. The number of ketones is 1. The number of aromatic nitrogens is 2. The number of carbonyl (C=O) groups is 1. The molecular formula is C25H23N3O3. The number of methoxy groups -OCH3 is 2. The molecule has 0 saturated heterocycles. The maximum Gasteiger partial charge on any atom is 0.191 e. The molecule has 31 heavy (non-hydrogen) atoms. The van der Waals surface area contributed by atoms with Gasteiger partial charge in [-0.05, 0) is 11.6 Å². The lowest BCUT2D eigenvalue weighted by atomic mass is 9.94. The first-order valence-corrected chi connectivity index (χ1v) is 9.85. The van der Waals surface area contributed by atoms with E-state index in [-0.39, 0.29) is 5.78 Å². The SMILES string of the molecule is COc1cc(NC(C(=O)c2c[nH]cc2-c2cccnc2)c2ccccc2)cc(OC)c1. The monoisotopic (exact) mass is 413 g/mol. The summed E-state index contributed by atoms with van der Waals surface area (Å²) in [6.45, 7) is 0. The van der Waals surface area contributed by atoms with Crippen molar-refractivity contribution >= 4 is 11.5 Å². The minimum atomic E-state index is -0.607. The molecule has 2 heterocycles. The highest BCUT2D eigenvalue weighted by Crippen LogP contribution is 2.32. The third kappa shape index (κ3) is 4.43. The zero-order valence-electron chi connectivity index (χ0n) is 17.3. The summed E-state index contributed by atoms with van der Waals surface area (Å²) in [7, 11) is 3.19. The van der Waals surface area contributed by atoms with Gasteiger partial charge in [0.15, 0.2) is 5.78 Å². The molecular weight excluding hydrogens is 390 g/mol. The van der Waals surface area contributed by atoms with E-state index in [0.717, 1.165) is 22.4 Å². The number of benzene rings is 2. The van der Waals surface area contributed by atoms with E-state index in [9.17, 15) is 4.79 Å². The normalized spacial score (nSPS) is 11.5. The topological polar surface area (TPSA) is 76.2 Å². The maximum atomic E-state index is 13.7. The molecule has 2 aromatic heterocycles. The van der Waals surface area contributed by atoms with E-state index in [1.54, 1.807) is 38.9 Å². The Morgan fingerprint density at radius 1 is 0.968 bits per heavy atom. The Balaban J connectivity index is 1.74. The summed E-state index contributed by atoms with van der Waals surface area (Å²) in [5, 5.41) is 3.37. The van der Waals surface area contributed by atoms with E-state index in [2.05, 4.69) is 15.3 Å². The van der Waals surface area contributed by atoms with Crippen LogP contribution in [0.5, 0.6) is 11.5 Å². The third-order valence-corrected chi connectivity index (χ3v) is 5.04. The number of aromatic amines is 1. The number of hydrogen-bond acceptors (Lipinski definition) is 5. The van der Waals surface area contributed by atoms with Crippen LogP contribution in [-0.4, -0.2) is 30.0 Å². The summed E-state index contributed by atoms with van der Waals surface area (Å²) in [6, 6.07) is 18.3. The van der Waals surface area contributed by atoms with Crippen LogP contribution in [0.25, 0.3) is 11.1 Å². The van der Waals surface area contributed by atoms with Crippen LogP contribution in [0.3, 0.4) is 0 Å². The van der Waals surface area contributed by atoms with Gasteiger partial charge in [-0.3, -0.25) is 9.78 Å². The molecule has 0 aliphatic rings. The van der Waals surface area contributed by atoms with Crippen LogP contribution in [0, 0.1) is 0 Å². The average Bonchev–Trinajstić information content (AvgIpc) is 3.33. The van der Waals surface area contributed by atoms with Crippen LogP contribution < -0.4 is 14.8 Å². The Kier molecular flexibility index (Phi) is 5.98. The Morgan fingerprint density at radius 3 is 2.35 bits per heavy atom. The number of ether oxygens (including phenoxy) is 2. The molecule has 0 fully saturated rings. The number of Topliss-reactive ketones (excluding diaryl/α,β-unsaturated/α-hetero) is 1. The lowest BCUT2D eigenvalue weighted by molar-refractivity contribution is 0.0970. The van der Waals surface area contributed by atoms with Gasteiger partial charge in [0, 0.05) is 65.4 Å². The zero-order valence-corrected chi connectivity index (χ0v) is 17.3. The van der Waals surface area contributed by atoms with Crippen molar-refractivity contribution in [1.29, 1.82) is 0 Å². The Bertz CT molecular complexity index is 1130. The number of nitrogens with one attached hydrogen (secondary N) is 2. The largest absolute Gasteiger partial charge is 0.497 e. The molecule has 2 N–H and O–H groups in total. The highest BCUT2D eigenvalue weighted by molar-refractivity contribution is 6.07. The fraction of sp³-hybridized carbons (Fsp3) is 0.120. The summed E-state index contributed by atoms with van der Waals surface area (Å²) >= 11 is 0. The molecule has 0 amide bonds. The van der Waals surface area contributed by atoms with E-state index in [4.69, 9.17) is 9.47 Å². The van der Waals surface area contributed by atoms with E-state index in [1.807, 2.05) is 60.8 Å². The van der Waals surface area contributed by atoms with Crippen LogP contribution in [0.1, 0.15) is 22.0 Å². The molecule has 0 aliphatic heterocycles. The standard InChI is InChI=1S/C25H23N3O3/c1-30-20-11-19(12-21(13-20)31-2)28-24(17-7-4-3-5-8-17)25(29)23-16-27-15-22(23)18-9-6-10-26-14-18/h3-16,24,27-28H,1-2H3. The molecule has 4 aromatic rings. The quantitative estimate of drug-likeness (QED) is 0.392. The molecule has 0 radical (unpaired) electrons. The summed E-state index contributed by atoms with van der Waals surface area (Å²) in [6.07, 6.45) is 7.01. The highest BCUT2D eigenvalue weighted by atomic mass is 16.5. The number of hydrogen-bond donors (Lipinski definition) is 2. The Morgan fingerprint density at radius 2 is 1.71 bits per heavy atom. The maximum absolute atomic E-state index is 13.7. The van der Waals surface area contributed by atoms with Gasteiger partial charge >= 0.3 is 0 Å². The van der Waals surface area contributed by atoms with Crippen molar-refractivity contribution in [3.8, 4) is 22.6 Å². The Hall–Kier alpha value is -4.06. The molecule has 0 bridgehead atoms. The van der Waals surface area contributed by atoms with Crippen molar-refractivity contribution in [2.75, 3.05) is 19.5 Å². The molecule has 0 aliphatic carbocycles. The van der Waals surface area contributed by atoms with Crippen molar-refractivity contribution in [3.63, 3.8) is 0 Å². The third-order valence-electron chi connectivity index (χ3n) is 5.04. The molecule has 6 heteroatoms.